The van der Waals surface area contributed by atoms with Crippen LogP contribution in [-0.2, 0) is 9.53 Å². The number of ether oxygens (including phenoxy) is 1. The van der Waals surface area contributed by atoms with Crippen LogP contribution in [0.5, 0.6) is 0 Å². The molecule has 1 saturated heterocycles. The number of rotatable bonds is 7. The van der Waals surface area contributed by atoms with Crippen molar-refractivity contribution >= 4 is 23.8 Å². The van der Waals surface area contributed by atoms with Gasteiger partial charge < -0.3 is 20.5 Å². The van der Waals surface area contributed by atoms with Gasteiger partial charge in [-0.1, -0.05) is 0 Å². The van der Waals surface area contributed by atoms with E-state index in [1.54, 1.807) is 11.8 Å². The molecule has 1 aliphatic heterocycles. The molecule has 6 nitrogen and oxygen atoms in total. The summed E-state index contributed by atoms with van der Waals surface area (Å²) in [6.07, 6.45) is 4.04. The lowest BCUT2D eigenvalue weighted by Crippen LogP contribution is -2.47. The summed E-state index contributed by atoms with van der Waals surface area (Å²) in [5.74, 6) is -0.495. The highest BCUT2D eigenvalue weighted by Crippen LogP contribution is 2.13. The van der Waals surface area contributed by atoms with E-state index in [0.717, 1.165) is 18.6 Å². The van der Waals surface area contributed by atoms with E-state index in [-0.39, 0.29) is 19.2 Å². The number of amides is 2. The zero-order valence-electron chi connectivity index (χ0n) is 10.5. The van der Waals surface area contributed by atoms with E-state index in [1.165, 1.54) is 0 Å². The van der Waals surface area contributed by atoms with Gasteiger partial charge in [-0.05, 0) is 24.9 Å². The number of urea groups is 1. The lowest BCUT2D eigenvalue weighted by atomic mass is 10.0. The Balaban J connectivity index is 2.17. The lowest BCUT2D eigenvalue weighted by molar-refractivity contribution is -0.142. The second-order valence-corrected chi connectivity index (χ2v) is 5.17. The van der Waals surface area contributed by atoms with E-state index in [1.807, 2.05) is 6.26 Å². The first kappa shape index (κ1) is 15.1. The Labute approximate surface area is 111 Å². The number of hydrogen-bond acceptors (Lipinski definition) is 4. The summed E-state index contributed by atoms with van der Waals surface area (Å²) in [5, 5.41) is 14.3. The van der Waals surface area contributed by atoms with Crippen molar-refractivity contribution < 1.29 is 19.4 Å². The molecular formula is C11H20N2O4S. The lowest BCUT2D eigenvalue weighted by Gasteiger charge is -2.16. The van der Waals surface area contributed by atoms with Gasteiger partial charge in [-0.15, -0.1) is 0 Å². The van der Waals surface area contributed by atoms with Crippen molar-refractivity contribution in [3.8, 4) is 0 Å². The molecule has 1 rings (SSSR count). The van der Waals surface area contributed by atoms with E-state index >= 15 is 0 Å². The fourth-order valence-corrected chi connectivity index (χ4v) is 2.23. The second kappa shape index (κ2) is 8.20. The molecule has 18 heavy (non-hydrogen) atoms. The van der Waals surface area contributed by atoms with Gasteiger partial charge in [0.15, 0.2) is 0 Å². The van der Waals surface area contributed by atoms with Gasteiger partial charge in [-0.2, -0.15) is 11.8 Å². The van der Waals surface area contributed by atoms with Crippen molar-refractivity contribution in [2.75, 3.05) is 31.8 Å². The van der Waals surface area contributed by atoms with E-state index < -0.39 is 17.9 Å². The number of hydrogen-bond donors (Lipinski definition) is 3. The number of aliphatic carboxylic acids is 1. The Morgan fingerprint density at radius 1 is 1.39 bits per heavy atom. The van der Waals surface area contributed by atoms with Crippen molar-refractivity contribution in [3.05, 3.63) is 0 Å². The number of carboxylic acid groups (broad SMARTS) is 1. The van der Waals surface area contributed by atoms with Gasteiger partial charge in [0, 0.05) is 6.54 Å². The van der Waals surface area contributed by atoms with Crippen LogP contribution in [0.3, 0.4) is 0 Å². The Morgan fingerprint density at radius 3 is 2.83 bits per heavy atom. The van der Waals surface area contributed by atoms with E-state index in [4.69, 9.17) is 9.84 Å². The quantitative estimate of drug-likeness (QED) is 0.590. The summed E-state index contributed by atoms with van der Waals surface area (Å²) >= 11 is 1.78. The number of carboxylic acids is 1. The van der Waals surface area contributed by atoms with Crippen LogP contribution in [0, 0.1) is 5.92 Å². The third-order valence-electron chi connectivity index (χ3n) is 2.78. The normalized spacial score (nSPS) is 22.7. The zero-order valence-corrected chi connectivity index (χ0v) is 11.3. The molecule has 7 heteroatoms. The molecule has 0 aromatic heterocycles. The molecule has 0 spiro atoms. The predicted molar refractivity (Wildman–Crippen MR) is 69.9 cm³/mol. The summed E-state index contributed by atoms with van der Waals surface area (Å²) in [4.78, 5) is 22.4. The Morgan fingerprint density at radius 2 is 2.17 bits per heavy atom. The number of unbranched alkanes of at least 4 members (excludes halogenated alkanes) is 1. The molecule has 3 N–H and O–H groups in total. The monoisotopic (exact) mass is 276 g/mol. The molecule has 0 bridgehead atoms. The average molecular weight is 276 g/mol. The van der Waals surface area contributed by atoms with Gasteiger partial charge in [0.25, 0.3) is 0 Å². The van der Waals surface area contributed by atoms with Gasteiger partial charge in [0.2, 0.25) is 0 Å². The highest BCUT2D eigenvalue weighted by Gasteiger charge is 2.34. The molecule has 104 valence electrons. The highest BCUT2D eigenvalue weighted by atomic mass is 32.2. The van der Waals surface area contributed by atoms with Crippen LogP contribution in [0.4, 0.5) is 4.79 Å². The van der Waals surface area contributed by atoms with Crippen molar-refractivity contribution in [1.82, 2.24) is 10.6 Å². The average Bonchev–Trinajstić information content (AvgIpc) is 2.77. The first-order valence-corrected chi connectivity index (χ1v) is 7.38. The number of nitrogens with one attached hydrogen (secondary N) is 2. The third kappa shape index (κ3) is 5.14. The maximum atomic E-state index is 11.5. The van der Waals surface area contributed by atoms with Gasteiger partial charge in [0.05, 0.1) is 19.3 Å². The Bertz CT molecular complexity index is 288. The molecule has 2 atom stereocenters. The molecule has 2 unspecified atom stereocenters. The van der Waals surface area contributed by atoms with E-state index in [2.05, 4.69) is 10.6 Å². The maximum Gasteiger partial charge on any atom is 0.315 e. The molecule has 2 amide bonds. The van der Waals surface area contributed by atoms with Crippen molar-refractivity contribution in [1.29, 1.82) is 0 Å². The minimum Gasteiger partial charge on any atom is -0.481 e. The van der Waals surface area contributed by atoms with Gasteiger partial charge >= 0.3 is 12.0 Å². The summed E-state index contributed by atoms with van der Waals surface area (Å²) < 4.78 is 5.06. The standard InChI is InChI=1S/C11H20N2O4S/c1-18-5-3-2-4-12-11(16)13-9-7-17-6-8(9)10(14)15/h8-9H,2-7H2,1H3,(H,14,15)(H2,12,13,16). The van der Waals surface area contributed by atoms with E-state index in [0.29, 0.717) is 6.54 Å². The van der Waals surface area contributed by atoms with Crippen LogP contribution in [0.2, 0.25) is 0 Å². The minimum absolute atomic E-state index is 0.161. The minimum atomic E-state index is -0.933. The first-order valence-electron chi connectivity index (χ1n) is 5.99. The van der Waals surface area contributed by atoms with Crippen LogP contribution in [-0.4, -0.2) is 54.9 Å². The van der Waals surface area contributed by atoms with Crippen LogP contribution in [0.25, 0.3) is 0 Å². The SMILES string of the molecule is CSCCCCNC(=O)NC1COCC1C(=O)O. The van der Waals surface area contributed by atoms with Crippen LogP contribution in [0.15, 0.2) is 0 Å². The van der Waals surface area contributed by atoms with Gasteiger partial charge in [-0.3, -0.25) is 4.79 Å². The Kier molecular flexibility index (Phi) is 6.89. The topological polar surface area (TPSA) is 87.7 Å². The molecule has 0 aliphatic carbocycles. The second-order valence-electron chi connectivity index (χ2n) is 4.19. The molecule has 1 aliphatic rings. The van der Waals surface area contributed by atoms with Crippen LogP contribution >= 0.6 is 11.8 Å². The van der Waals surface area contributed by atoms with Crippen molar-refractivity contribution in [3.63, 3.8) is 0 Å². The molecule has 0 saturated carbocycles. The van der Waals surface area contributed by atoms with Gasteiger partial charge in [-0.25, -0.2) is 4.79 Å². The number of carbonyl (C=O) groups is 2. The molecule has 0 aromatic carbocycles. The largest absolute Gasteiger partial charge is 0.481 e. The zero-order chi connectivity index (χ0) is 13.4. The van der Waals surface area contributed by atoms with Crippen molar-refractivity contribution in [2.45, 2.75) is 18.9 Å². The third-order valence-corrected chi connectivity index (χ3v) is 3.47. The number of thioether (sulfide) groups is 1. The molecule has 0 radical (unpaired) electrons. The summed E-state index contributed by atoms with van der Waals surface area (Å²) in [6, 6.07) is -0.755. The van der Waals surface area contributed by atoms with E-state index in [9.17, 15) is 9.59 Å². The first-order chi connectivity index (χ1) is 8.65. The summed E-state index contributed by atoms with van der Waals surface area (Å²) in [7, 11) is 0. The highest BCUT2D eigenvalue weighted by molar-refractivity contribution is 7.98. The van der Waals surface area contributed by atoms with Crippen LogP contribution < -0.4 is 10.6 Å². The summed E-state index contributed by atoms with van der Waals surface area (Å²) in [5.41, 5.74) is 0. The maximum absolute atomic E-state index is 11.5. The number of carbonyl (C=O) groups excluding carboxylic acids is 1. The van der Waals surface area contributed by atoms with Gasteiger partial charge in [0.1, 0.15) is 5.92 Å². The molecular weight excluding hydrogens is 256 g/mol. The molecule has 0 aromatic rings. The fraction of sp³-hybridized carbons (Fsp3) is 0.818. The predicted octanol–water partition coefficient (Wildman–Crippen LogP) is 0.528. The fourth-order valence-electron chi connectivity index (χ4n) is 1.73. The molecule has 1 heterocycles. The molecule has 1 fully saturated rings. The van der Waals surface area contributed by atoms with Crippen molar-refractivity contribution in [2.24, 2.45) is 5.92 Å². The van der Waals surface area contributed by atoms with Crippen LogP contribution in [0.1, 0.15) is 12.8 Å². The smallest absolute Gasteiger partial charge is 0.315 e. The Hall–Kier alpha value is -0.950. The summed E-state index contributed by atoms with van der Waals surface area (Å²) in [6.45, 7) is 1.03.